The summed E-state index contributed by atoms with van der Waals surface area (Å²) in [6, 6.07) is 10.3. The highest BCUT2D eigenvalue weighted by Gasteiger charge is 2.26. The monoisotopic (exact) mass is 264 g/mol. The number of hydrogen-bond acceptors (Lipinski definition) is 3. The van der Waals surface area contributed by atoms with Crippen LogP contribution in [0.3, 0.4) is 0 Å². The fourth-order valence-corrected chi connectivity index (χ4v) is 3.24. The summed E-state index contributed by atoms with van der Waals surface area (Å²) in [6.45, 7) is 0. The third-order valence-electron chi connectivity index (χ3n) is 4.07. The quantitative estimate of drug-likeness (QED) is 0.735. The molecule has 3 aromatic rings. The Kier molecular flexibility index (Phi) is 2.57. The van der Waals surface area contributed by atoms with E-state index in [1.54, 1.807) is 12.4 Å². The summed E-state index contributed by atoms with van der Waals surface area (Å²) in [5.41, 5.74) is 10.1. The van der Waals surface area contributed by atoms with E-state index in [4.69, 9.17) is 5.73 Å². The number of rotatable bonds is 1. The lowest BCUT2D eigenvalue weighted by Crippen LogP contribution is -2.20. The molecule has 0 saturated carbocycles. The molecule has 2 aromatic heterocycles. The van der Waals surface area contributed by atoms with Crippen LogP contribution in [0.15, 0.2) is 42.7 Å². The van der Waals surface area contributed by atoms with Crippen molar-refractivity contribution in [2.45, 2.75) is 25.3 Å². The van der Waals surface area contributed by atoms with E-state index >= 15 is 0 Å². The molecule has 1 aliphatic rings. The molecule has 2 heterocycles. The number of nitrogens with two attached hydrogens (primary N) is 1. The van der Waals surface area contributed by atoms with E-state index < -0.39 is 0 Å². The number of nitrogens with zero attached hydrogens (tertiary/aromatic N) is 3. The number of aryl methyl sites for hydroxylation is 1. The first-order valence-corrected chi connectivity index (χ1v) is 7.01. The first-order valence-electron chi connectivity index (χ1n) is 7.01. The Morgan fingerprint density at radius 3 is 2.75 bits per heavy atom. The van der Waals surface area contributed by atoms with Gasteiger partial charge in [0.1, 0.15) is 0 Å². The van der Waals surface area contributed by atoms with Crippen LogP contribution in [0.5, 0.6) is 0 Å². The van der Waals surface area contributed by atoms with Gasteiger partial charge < -0.3 is 5.73 Å². The molecule has 0 radical (unpaired) electrons. The van der Waals surface area contributed by atoms with E-state index in [9.17, 15) is 0 Å². The van der Waals surface area contributed by atoms with Gasteiger partial charge in [0.15, 0.2) is 0 Å². The minimum Gasteiger partial charge on any atom is -0.323 e. The van der Waals surface area contributed by atoms with E-state index in [2.05, 4.69) is 38.8 Å². The summed E-state index contributed by atoms with van der Waals surface area (Å²) < 4.78 is 2.13. The Balaban J connectivity index is 2.11. The molecule has 2 N–H and O–H groups in total. The molecule has 0 aliphatic heterocycles. The van der Waals surface area contributed by atoms with Crippen molar-refractivity contribution in [3.63, 3.8) is 0 Å². The van der Waals surface area contributed by atoms with Crippen molar-refractivity contribution in [3.8, 4) is 5.95 Å². The van der Waals surface area contributed by atoms with Crippen molar-refractivity contribution in [1.82, 2.24) is 14.5 Å². The van der Waals surface area contributed by atoms with Crippen molar-refractivity contribution in [1.29, 1.82) is 0 Å². The highest BCUT2D eigenvalue weighted by Crippen LogP contribution is 2.37. The largest absolute Gasteiger partial charge is 0.323 e. The molecule has 1 aliphatic carbocycles. The second-order valence-corrected chi connectivity index (χ2v) is 5.26. The van der Waals surface area contributed by atoms with E-state index in [0.29, 0.717) is 5.95 Å². The lowest BCUT2D eigenvalue weighted by molar-refractivity contribution is 0.549. The summed E-state index contributed by atoms with van der Waals surface area (Å²) in [7, 11) is 0. The van der Waals surface area contributed by atoms with Crippen LogP contribution in [0.25, 0.3) is 16.9 Å². The molecule has 4 rings (SSSR count). The molecule has 100 valence electrons. The van der Waals surface area contributed by atoms with Crippen LogP contribution in [-0.2, 0) is 6.42 Å². The van der Waals surface area contributed by atoms with Gasteiger partial charge >= 0.3 is 0 Å². The molecule has 0 amide bonds. The van der Waals surface area contributed by atoms with Gasteiger partial charge in [-0.3, -0.25) is 4.57 Å². The molecule has 0 spiro atoms. The van der Waals surface area contributed by atoms with Gasteiger partial charge in [-0.15, -0.1) is 0 Å². The topological polar surface area (TPSA) is 56.7 Å². The van der Waals surface area contributed by atoms with E-state index in [1.165, 1.54) is 16.6 Å². The Hall–Kier alpha value is -2.20. The molecular weight excluding hydrogens is 248 g/mol. The molecule has 20 heavy (non-hydrogen) atoms. The van der Waals surface area contributed by atoms with Crippen LogP contribution < -0.4 is 5.73 Å². The Morgan fingerprint density at radius 1 is 1.10 bits per heavy atom. The molecular formula is C16H16N4. The van der Waals surface area contributed by atoms with Crippen molar-refractivity contribution >= 4 is 10.9 Å². The first-order chi connectivity index (χ1) is 9.86. The zero-order chi connectivity index (χ0) is 13.5. The maximum atomic E-state index is 6.37. The fraction of sp³-hybridized carbons (Fsp3) is 0.250. The smallest absolute Gasteiger partial charge is 0.234 e. The summed E-state index contributed by atoms with van der Waals surface area (Å²) in [6.07, 6.45) is 6.81. The van der Waals surface area contributed by atoms with E-state index in [-0.39, 0.29) is 6.04 Å². The van der Waals surface area contributed by atoms with Crippen LogP contribution in [0.2, 0.25) is 0 Å². The normalized spacial score (nSPS) is 18.1. The predicted molar refractivity (Wildman–Crippen MR) is 78.7 cm³/mol. The average molecular weight is 264 g/mol. The van der Waals surface area contributed by atoms with Crippen LogP contribution >= 0.6 is 0 Å². The number of hydrogen-bond donors (Lipinski definition) is 1. The molecule has 1 unspecified atom stereocenters. The van der Waals surface area contributed by atoms with Gasteiger partial charge in [0.2, 0.25) is 5.95 Å². The first kappa shape index (κ1) is 11.6. The highest BCUT2D eigenvalue weighted by atomic mass is 15.2. The molecule has 1 aromatic carbocycles. The van der Waals surface area contributed by atoms with Gasteiger partial charge in [-0.1, -0.05) is 18.2 Å². The highest BCUT2D eigenvalue weighted by molar-refractivity contribution is 5.87. The van der Waals surface area contributed by atoms with Gasteiger partial charge in [0.05, 0.1) is 5.52 Å². The summed E-state index contributed by atoms with van der Waals surface area (Å²) in [5.74, 6) is 0.710. The van der Waals surface area contributed by atoms with Gasteiger partial charge in [-0.25, -0.2) is 9.97 Å². The maximum absolute atomic E-state index is 6.37. The van der Waals surface area contributed by atoms with Crippen LogP contribution in [-0.4, -0.2) is 14.5 Å². The number of fused-ring (bicyclic) bond motifs is 3. The summed E-state index contributed by atoms with van der Waals surface area (Å²) in [4.78, 5) is 8.82. The van der Waals surface area contributed by atoms with Crippen molar-refractivity contribution in [2.75, 3.05) is 0 Å². The third kappa shape index (κ3) is 1.58. The Morgan fingerprint density at radius 2 is 1.90 bits per heavy atom. The minimum absolute atomic E-state index is 0.0648. The lowest BCUT2D eigenvalue weighted by Gasteiger charge is -2.21. The maximum Gasteiger partial charge on any atom is 0.234 e. The average Bonchev–Trinajstić information content (AvgIpc) is 2.84. The fourth-order valence-electron chi connectivity index (χ4n) is 3.24. The van der Waals surface area contributed by atoms with Gasteiger partial charge in [-0.05, 0) is 37.0 Å². The van der Waals surface area contributed by atoms with Gasteiger partial charge in [0.25, 0.3) is 0 Å². The Bertz CT molecular complexity index is 761. The van der Waals surface area contributed by atoms with Gasteiger partial charge in [-0.2, -0.15) is 0 Å². The van der Waals surface area contributed by atoms with Crippen molar-refractivity contribution in [2.24, 2.45) is 5.73 Å². The molecule has 0 saturated heterocycles. The summed E-state index contributed by atoms with van der Waals surface area (Å²) >= 11 is 0. The number of para-hydroxylation sites is 1. The molecule has 0 bridgehead atoms. The molecule has 1 atom stereocenters. The molecule has 4 nitrogen and oxygen atoms in total. The van der Waals surface area contributed by atoms with Crippen LogP contribution in [0.4, 0.5) is 0 Å². The minimum atomic E-state index is 0.0648. The number of aromatic nitrogens is 3. The SMILES string of the molecule is NC1CCCc2c1n(-c1ncccn1)c1ccccc21. The third-order valence-corrected chi connectivity index (χ3v) is 4.07. The Labute approximate surface area is 117 Å². The van der Waals surface area contributed by atoms with Crippen molar-refractivity contribution in [3.05, 3.63) is 54.0 Å². The zero-order valence-electron chi connectivity index (χ0n) is 11.2. The van der Waals surface area contributed by atoms with E-state index in [1.807, 2.05) is 6.07 Å². The second-order valence-electron chi connectivity index (χ2n) is 5.26. The van der Waals surface area contributed by atoms with E-state index in [0.717, 1.165) is 24.8 Å². The lowest BCUT2D eigenvalue weighted by atomic mass is 9.92. The standard InChI is InChI=1S/C16H16N4/c17-13-7-3-6-12-11-5-1-2-8-14(11)20(15(12)13)16-18-9-4-10-19-16/h1-2,4-5,8-10,13H,3,6-7,17H2. The summed E-state index contributed by atoms with van der Waals surface area (Å²) in [5, 5.41) is 1.28. The second kappa shape index (κ2) is 4.42. The van der Waals surface area contributed by atoms with Crippen LogP contribution in [0, 0.1) is 0 Å². The number of benzene rings is 1. The predicted octanol–water partition coefficient (Wildman–Crippen LogP) is 2.76. The molecule has 4 heteroatoms. The van der Waals surface area contributed by atoms with Crippen LogP contribution in [0.1, 0.15) is 30.1 Å². The van der Waals surface area contributed by atoms with Crippen molar-refractivity contribution < 1.29 is 0 Å². The zero-order valence-corrected chi connectivity index (χ0v) is 11.2. The van der Waals surface area contributed by atoms with Gasteiger partial charge in [0, 0.05) is 29.5 Å². The molecule has 0 fully saturated rings.